The number of anilines is 1. The highest BCUT2D eigenvalue weighted by Crippen LogP contribution is 2.40. The Labute approximate surface area is 140 Å². The molecule has 2 aliphatic heterocycles. The highest BCUT2D eigenvalue weighted by Gasteiger charge is 2.42. The SMILES string of the molecule is Cc1cc(C)cc(N2CCC(N3C[C@H]4CC(O)C[C@H]4C3)CC2)c1. The van der Waals surface area contributed by atoms with Crippen molar-refractivity contribution in [3.63, 3.8) is 0 Å². The molecular weight excluding hydrogens is 284 g/mol. The molecule has 1 saturated carbocycles. The molecule has 2 heterocycles. The summed E-state index contributed by atoms with van der Waals surface area (Å²) in [7, 11) is 0. The minimum Gasteiger partial charge on any atom is -0.393 e. The fraction of sp³-hybridized carbons (Fsp3) is 0.700. The standard InChI is InChI=1S/C20H30N2O/c1-14-7-15(2)9-19(8-14)21-5-3-18(4-6-21)22-12-16-10-20(23)11-17(16)13-22/h7-9,16-18,20,23H,3-6,10-13H2,1-2H3/t16-,17+,20?. The van der Waals surface area contributed by atoms with Crippen molar-refractivity contribution < 1.29 is 5.11 Å². The number of fused-ring (bicyclic) bond motifs is 1. The molecule has 1 aromatic carbocycles. The number of benzene rings is 1. The van der Waals surface area contributed by atoms with Gasteiger partial charge in [-0.05, 0) is 74.6 Å². The second-order valence-electron chi connectivity index (χ2n) is 8.16. The first-order valence-electron chi connectivity index (χ1n) is 9.34. The summed E-state index contributed by atoms with van der Waals surface area (Å²) >= 11 is 0. The zero-order valence-electron chi connectivity index (χ0n) is 14.5. The maximum absolute atomic E-state index is 9.81. The van der Waals surface area contributed by atoms with Gasteiger partial charge in [0.25, 0.3) is 0 Å². The van der Waals surface area contributed by atoms with Crippen molar-refractivity contribution in [2.75, 3.05) is 31.1 Å². The van der Waals surface area contributed by atoms with Crippen LogP contribution in [-0.2, 0) is 0 Å². The van der Waals surface area contributed by atoms with Crippen LogP contribution in [0.1, 0.15) is 36.8 Å². The lowest BCUT2D eigenvalue weighted by Crippen LogP contribution is -2.44. The number of aliphatic hydroxyl groups is 1. The van der Waals surface area contributed by atoms with Gasteiger partial charge in [0.1, 0.15) is 0 Å². The van der Waals surface area contributed by atoms with Gasteiger partial charge in [-0.1, -0.05) is 6.07 Å². The summed E-state index contributed by atoms with van der Waals surface area (Å²) in [6.07, 6.45) is 4.65. The fourth-order valence-corrected chi connectivity index (χ4v) is 5.22. The zero-order chi connectivity index (χ0) is 16.0. The maximum Gasteiger partial charge on any atom is 0.0546 e. The molecule has 2 saturated heterocycles. The van der Waals surface area contributed by atoms with Crippen molar-refractivity contribution in [2.24, 2.45) is 11.8 Å². The van der Waals surface area contributed by atoms with Crippen LogP contribution in [0, 0.1) is 25.7 Å². The molecule has 0 amide bonds. The molecule has 3 atom stereocenters. The van der Waals surface area contributed by atoms with E-state index < -0.39 is 0 Å². The third-order valence-corrected chi connectivity index (χ3v) is 6.31. The van der Waals surface area contributed by atoms with Crippen molar-refractivity contribution in [1.82, 2.24) is 4.90 Å². The molecule has 23 heavy (non-hydrogen) atoms. The van der Waals surface area contributed by atoms with E-state index in [4.69, 9.17) is 0 Å². The van der Waals surface area contributed by atoms with Gasteiger partial charge < -0.3 is 10.0 Å². The van der Waals surface area contributed by atoms with Crippen LogP contribution in [0.4, 0.5) is 5.69 Å². The monoisotopic (exact) mass is 314 g/mol. The molecular formula is C20H30N2O. The Bertz CT molecular complexity index is 531. The summed E-state index contributed by atoms with van der Waals surface area (Å²) in [5.41, 5.74) is 4.14. The first-order valence-corrected chi connectivity index (χ1v) is 9.34. The van der Waals surface area contributed by atoms with Crippen LogP contribution in [0.3, 0.4) is 0 Å². The molecule has 4 rings (SSSR count). The van der Waals surface area contributed by atoms with Crippen LogP contribution in [0.2, 0.25) is 0 Å². The first-order chi connectivity index (χ1) is 11.1. The quantitative estimate of drug-likeness (QED) is 0.909. The van der Waals surface area contributed by atoms with E-state index in [9.17, 15) is 5.11 Å². The lowest BCUT2D eigenvalue weighted by molar-refractivity contribution is 0.144. The van der Waals surface area contributed by atoms with Gasteiger partial charge in [-0.3, -0.25) is 4.90 Å². The highest BCUT2D eigenvalue weighted by molar-refractivity contribution is 5.51. The van der Waals surface area contributed by atoms with Crippen molar-refractivity contribution in [3.8, 4) is 0 Å². The van der Waals surface area contributed by atoms with Gasteiger partial charge in [0.15, 0.2) is 0 Å². The number of rotatable bonds is 2. The molecule has 0 spiro atoms. The van der Waals surface area contributed by atoms with Gasteiger partial charge >= 0.3 is 0 Å². The van der Waals surface area contributed by atoms with E-state index >= 15 is 0 Å². The van der Waals surface area contributed by atoms with Gasteiger partial charge in [-0.15, -0.1) is 0 Å². The molecule has 3 aliphatic rings. The van der Waals surface area contributed by atoms with E-state index in [1.807, 2.05) is 0 Å². The molecule has 0 radical (unpaired) electrons. The van der Waals surface area contributed by atoms with E-state index in [-0.39, 0.29) is 6.10 Å². The van der Waals surface area contributed by atoms with Crippen molar-refractivity contribution in [1.29, 1.82) is 0 Å². The van der Waals surface area contributed by atoms with E-state index in [2.05, 4.69) is 41.8 Å². The van der Waals surface area contributed by atoms with Crippen LogP contribution < -0.4 is 4.90 Å². The molecule has 1 N–H and O–H groups in total. The summed E-state index contributed by atoms with van der Waals surface area (Å²) in [6.45, 7) is 9.22. The summed E-state index contributed by atoms with van der Waals surface area (Å²) in [5, 5.41) is 9.81. The van der Waals surface area contributed by atoms with Gasteiger partial charge in [0.05, 0.1) is 6.10 Å². The second kappa shape index (κ2) is 6.10. The largest absolute Gasteiger partial charge is 0.393 e. The number of likely N-dealkylation sites (tertiary alicyclic amines) is 1. The minimum atomic E-state index is -0.0152. The average Bonchev–Trinajstić information content (AvgIpc) is 3.03. The zero-order valence-corrected chi connectivity index (χ0v) is 14.5. The Kier molecular flexibility index (Phi) is 4.10. The molecule has 1 aromatic rings. The molecule has 3 nitrogen and oxygen atoms in total. The normalized spacial score (nSPS) is 32.5. The Morgan fingerprint density at radius 2 is 1.48 bits per heavy atom. The van der Waals surface area contributed by atoms with Crippen LogP contribution in [0.15, 0.2) is 18.2 Å². The fourth-order valence-electron chi connectivity index (χ4n) is 5.22. The van der Waals surface area contributed by atoms with Crippen molar-refractivity contribution >= 4 is 5.69 Å². The number of aryl methyl sites for hydroxylation is 2. The van der Waals surface area contributed by atoms with E-state index in [1.165, 1.54) is 55.8 Å². The molecule has 126 valence electrons. The Morgan fingerprint density at radius 3 is 2.04 bits per heavy atom. The second-order valence-corrected chi connectivity index (χ2v) is 8.16. The van der Waals surface area contributed by atoms with E-state index in [1.54, 1.807) is 0 Å². The summed E-state index contributed by atoms with van der Waals surface area (Å²) in [4.78, 5) is 5.30. The van der Waals surface area contributed by atoms with Crippen LogP contribution in [-0.4, -0.2) is 48.3 Å². The first kappa shape index (κ1) is 15.5. The predicted molar refractivity (Wildman–Crippen MR) is 94.9 cm³/mol. The molecule has 1 aliphatic carbocycles. The van der Waals surface area contributed by atoms with E-state index in [0.717, 1.165) is 30.7 Å². The van der Waals surface area contributed by atoms with Crippen LogP contribution >= 0.6 is 0 Å². The van der Waals surface area contributed by atoms with Crippen molar-refractivity contribution in [2.45, 2.75) is 51.7 Å². The summed E-state index contributed by atoms with van der Waals surface area (Å²) < 4.78 is 0. The highest BCUT2D eigenvalue weighted by atomic mass is 16.3. The predicted octanol–water partition coefficient (Wildman–Crippen LogP) is 2.97. The number of hydrogen-bond donors (Lipinski definition) is 1. The van der Waals surface area contributed by atoms with Gasteiger partial charge in [-0.2, -0.15) is 0 Å². The Balaban J connectivity index is 1.35. The number of aliphatic hydroxyl groups excluding tert-OH is 1. The average molecular weight is 314 g/mol. The van der Waals surface area contributed by atoms with Gasteiger partial charge in [0.2, 0.25) is 0 Å². The van der Waals surface area contributed by atoms with Crippen LogP contribution in [0.5, 0.6) is 0 Å². The minimum absolute atomic E-state index is 0.0152. The molecule has 3 heteroatoms. The lowest BCUT2D eigenvalue weighted by Gasteiger charge is -2.38. The smallest absolute Gasteiger partial charge is 0.0546 e. The number of hydrogen-bond acceptors (Lipinski definition) is 3. The van der Waals surface area contributed by atoms with E-state index in [0.29, 0.717) is 0 Å². The molecule has 0 bridgehead atoms. The third kappa shape index (κ3) is 3.14. The topological polar surface area (TPSA) is 26.7 Å². The molecule has 0 aromatic heterocycles. The van der Waals surface area contributed by atoms with Crippen molar-refractivity contribution in [3.05, 3.63) is 29.3 Å². The van der Waals surface area contributed by atoms with Gasteiger partial charge in [0, 0.05) is 37.9 Å². The summed E-state index contributed by atoms with van der Waals surface area (Å²) in [6, 6.07) is 7.68. The number of nitrogens with zero attached hydrogens (tertiary/aromatic N) is 2. The Morgan fingerprint density at radius 1 is 0.913 bits per heavy atom. The van der Waals surface area contributed by atoms with Crippen LogP contribution in [0.25, 0.3) is 0 Å². The lowest BCUT2D eigenvalue weighted by atomic mass is 10.0. The maximum atomic E-state index is 9.81. The number of piperidine rings is 1. The third-order valence-electron chi connectivity index (χ3n) is 6.31. The van der Waals surface area contributed by atoms with Gasteiger partial charge in [-0.25, -0.2) is 0 Å². The molecule has 3 fully saturated rings. The molecule has 1 unspecified atom stereocenters. The Hall–Kier alpha value is -1.06. The summed E-state index contributed by atoms with van der Waals surface area (Å²) in [5.74, 6) is 1.53.